The zero-order chi connectivity index (χ0) is 37.0. The summed E-state index contributed by atoms with van der Waals surface area (Å²) in [7, 11) is -3.90. The van der Waals surface area contributed by atoms with Crippen molar-refractivity contribution < 1.29 is 37.1 Å². The van der Waals surface area contributed by atoms with E-state index in [1.165, 1.54) is 17.0 Å². The highest BCUT2D eigenvalue weighted by molar-refractivity contribution is 7.91. The number of hydrogen-bond acceptors (Lipinski definition) is 8. The van der Waals surface area contributed by atoms with Crippen molar-refractivity contribution >= 4 is 39.4 Å². The second kappa shape index (κ2) is 15.8. The van der Waals surface area contributed by atoms with E-state index >= 15 is 0 Å². The molecule has 5 atom stereocenters. The number of nitrogens with zero attached hydrogens (tertiary/aromatic N) is 1. The number of amides is 4. The molecule has 278 valence electrons. The normalized spacial score (nSPS) is 22.1. The molecule has 3 N–H and O–H groups in total. The Kier molecular flexibility index (Phi) is 12.4. The van der Waals surface area contributed by atoms with E-state index in [0.29, 0.717) is 19.4 Å². The van der Waals surface area contributed by atoms with Crippen molar-refractivity contribution in [3.05, 3.63) is 29.8 Å². The Morgan fingerprint density at radius 2 is 1.60 bits per heavy atom. The van der Waals surface area contributed by atoms with Crippen LogP contribution in [0.15, 0.2) is 29.2 Å². The number of ketones is 1. The van der Waals surface area contributed by atoms with Gasteiger partial charge < -0.3 is 25.6 Å². The van der Waals surface area contributed by atoms with E-state index in [9.17, 15) is 32.4 Å². The standard InChI is InChI=1S/C37H56N4O8S/c1-8-9-10-11-12-13-27(40-35(46)49-36(3,4)5)34(45)41-21-26-29(37(26,6)7)30(41)32(43)39-28(20-24-16-17-24)31(42)33(44)38-22-50(47,48)25-18-14-23(2)15-19-25/h14-15,18-19,24,26-30H,8-13,16-17,20-22H2,1-7H3,(H,38,44)(H,39,43)(H,40,46)/t26-,27-,28+,29-,30-/m0/s1. The van der Waals surface area contributed by atoms with Crippen molar-refractivity contribution in [1.29, 1.82) is 0 Å². The molecule has 1 aromatic carbocycles. The maximum Gasteiger partial charge on any atom is 0.408 e. The largest absolute Gasteiger partial charge is 0.444 e. The number of rotatable bonds is 17. The molecule has 4 amide bonds. The molecule has 50 heavy (non-hydrogen) atoms. The van der Waals surface area contributed by atoms with Crippen molar-refractivity contribution in [3.63, 3.8) is 0 Å². The third-order valence-electron chi connectivity index (χ3n) is 10.3. The van der Waals surface area contributed by atoms with Gasteiger partial charge in [-0.25, -0.2) is 13.2 Å². The van der Waals surface area contributed by atoms with Gasteiger partial charge in [-0.2, -0.15) is 0 Å². The lowest BCUT2D eigenvalue weighted by molar-refractivity contribution is -0.144. The van der Waals surface area contributed by atoms with Crippen molar-refractivity contribution in [2.75, 3.05) is 12.4 Å². The number of likely N-dealkylation sites (tertiary alicyclic amines) is 1. The molecule has 3 aliphatic rings. The third-order valence-corrected chi connectivity index (χ3v) is 11.8. The molecular formula is C37H56N4O8S. The summed E-state index contributed by atoms with van der Waals surface area (Å²) < 4.78 is 31.1. The van der Waals surface area contributed by atoms with Gasteiger partial charge in [-0.1, -0.05) is 83.4 Å². The number of piperidine rings is 1. The molecule has 1 aliphatic heterocycles. The van der Waals surface area contributed by atoms with Crippen LogP contribution in [0.5, 0.6) is 0 Å². The van der Waals surface area contributed by atoms with Crippen molar-refractivity contribution in [1.82, 2.24) is 20.9 Å². The van der Waals surface area contributed by atoms with Crippen LogP contribution >= 0.6 is 0 Å². The Morgan fingerprint density at radius 1 is 0.960 bits per heavy atom. The summed E-state index contributed by atoms with van der Waals surface area (Å²) in [6, 6.07) is 3.20. The molecule has 12 nitrogen and oxygen atoms in total. The quantitative estimate of drug-likeness (QED) is 0.157. The van der Waals surface area contributed by atoms with Gasteiger partial charge in [0.25, 0.3) is 5.91 Å². The molecular weight excluding hydrogens is 660 g/mol. The fraction of sp³-hybridized carbons (Fsp3) is 0.703. The smallest absolute Gasteiger partial charge is 0.408 e. The van der Waals surface area contributed by atoms with Gasteiger partial charge in [0.2, 0.25) is 17.6 Å². The topological polar surface area (TPSA) is 168 Å². The van der Waals surface area contributed by atoms with Gasteiger partial charge in [0, 0.05) is 6.54 Å². The van der Waals surface area contributed by atoms with Crippen molar-refractivity contribution in [3.8, 4) is 0 Å². The van der Waals surface area contributed by atoms with E-state index in [-0.39, 0.29) is 40.4 Å². The van der Waals surface area contributed by atoms with Crippen LogP contribution < -0.4 is 16.0 Å². The first-order chi connectivity index (χ1) is 23.4. The number of sulfone groups is 1. The van der Waals surface area contributed by atoms with Gasteiger partial charge in [0.05, 0.1) is 10.9 Å². The number of carbonyl (C=O) groups is 5. The number of hydrogen-bond donors (Lipinski definition) is 3. The predicted octanol–water partition coefficient (Wildman–Crippen LogP) is 4.43. The number of nitrogens with one attached hydrogen (secondary N) is 3. The minimum Gasteiger partial charge on any atom is -0.444 e. The van der Waals surface area contributed by atoms with Crippen LogP contribution in [0.4, 0.5) is 4.79 Å². The summed E-state index contributed by atoms with van der Waals surface area (Å²) in [5, 5.41) is 7.80. The summed E-state index contributed by atoms with van der Waals surface area (Å²) in [5.41, 5.74) is -0.103. The number of ether oxygens (including phenoxy) is 1. The molecule has 3 fully saturated rings. The molecule has 1 saturated heterocycles. The van der Waals surface area contributed by atoms with E-state index < -0.39 is 63.1 Å². The van der Waals surface area contributed by atoms with E-state index in [1.54, 1.807) is 32.9 Å². The average molecular weight is 717 g/mol. The Labute approximate surface area is 297 Å². The molecule has 0 unspecified atom stereocenters. The zero-order valence-corrected chi connectivity index (χ0v) is 31.5. The van der Waals surface area contributed by atoms with Crippen LogP contribution in [0, 0.1) is 30.1 Å². The predicted molar refractivity (Wildman–Crippen MR) is 188 cm³/mol. The number of alkyl carbamates (subject to hydrolysis) is 1. The lowest BCUT2D eigenvalue weighted by Crippen LogP contribution is -2.58. The van der Waals surface area contributed by atoms with E-state index in [2.05, 4.69) is 22.9 Å². The minimum atomic E-state index is -3.90. The maximum atomic E-state index is 14.2. The Balaban J connectivity index is 1.48. The second-order valence-corrected chi connectivity index (χ2v) is 18.0. The van der Waals surface area contributed by atoms with Crippen molar-refractivity contribution in [2.24, 2.45) is 23.2 Å². The Morgan fingerprint density at radius 3 is 2.20 bits per heavy atom. The first kappa shape index (κ1) is 39.3. The minimum absolute atomic E-state index is 0.0201. The van der Waals surface area contributed by atoms with Gasteiger partial charge in [0.15, 0.2) is 9.84 Å². The maximum absolute atomic E-state index is 14.2. The second-order valence-electron chi connectivity index (χ2n) is 16.0. The van der Waals surface area contributed by atoms with Crippen LogP contribution in [0.1, 0.15) is 105 Å². The van der Waals surface area contributed by atoms with E-state index in [4.69, 9.17) is 4.74 Å². The highest BCUT2D eigenvalue weighted by atomic mass is 32.2. The molecule has 13 heteroatoms. The molecule has 0 radical (unpaired) electrons. The number of fused-ring (bicyclic) bond motifs is 1. The van der Waals surface area contributed by atoms with Gasteiger partial charge in [0.1, 0.15) is 23.6 Å². The number of Topliss-reactive ketones (excluding diaryl/α,β-unsaturated/α-hetero) is 1. The van der Waals surface area contributed by atoms with Crippen LogP contribution in [0.3, 0.4) is 0 Å². The molecule has 0 aromatic heterocycles. The molecule has 0 spiro atoms. The van der Waals surface area contributed by atoms with Crippen molar-refractivity contribution in [2.45, 2.75) is 135 Å². The highest BCUT2D eigenvalue weighted by Gasteiger charge is 2.69. The molecule has 0 bridgehead atoms. The monoisotopic (exact) mass is 716 g/mol. The molecule has 1 heterocycles. The van der Waals surface area contributed by atoms with E-state index in [1.807, 2.05) is 20.8 Å². The first-order valence-corrected chi connectivity index (χ1v) is 19.7. The summed E-state index contributed by atoms with van der Waals surface area (Å²) in [6.07, 6.45) is 6.39. The molecule has 4 rings (SSSR count). The fourth-order valence-electron chi connectivity index (χ4n) is 7.08. The van der Waals surface area contributed by atoms with Crippen LogP contribution in [0.25, 0.3) is 0 Å². The summed E-state index contributed by atoms with van der Waals surface area (Å²) in [4.78, 5) is 69.2. The molecule has 1 aromatic rings. The Bertz CT molecular complexity index is 1530. The number of aryl methyl sites for hydroxylation is 1. The third kappa shape index (κ3) is 10.1. The molecule has 2 saturated carbocycles. The summed E-state index contributed by atoms with van der Waals surface area (Å²) >= 11 is 0. The van der Waals surface area contributed by atoms with Crippen LogP contribution in [-0.4, -0.2) is 79.1 Å². The first-order valence-electron chi connectivity index (χ1n) is 18.1. The fourth-order valence-corrected chi connectivity index (χ4v) is 8.12. The zero-order valence-electron chi connectivity index (χ0n) is 30.7. The number of benzene rings is 1. The van der Waals surface area contributed by atoms with Gasteiger partial charge in [-0.15, -0.1) is 0 Å². The van der Waals surface area contributed by atoms with Crippen LogP contribution in [-0.2, 0) is 33.8 Å². The Hall–Kier alpha value is -3.48. The average Bonchev–Trinajstić information content (AvgIpc) is 3.89. The summed E-state index contributed by atoms with van der Waals surface area (Å²) in [6.45, 7) is 13.6. The van der Waals surface area contributed by atoms with E-state index in [0.717, 1.165) is 44.1 Å². The lowest BCUT2D eigenvalue weighted by Gasteiger charge is -2.34. The lowest BCUT2D eigenvalue weighted by atomic mass is 9.97. The van der Waals surface area contributed by atoms with Gasteiger partial charge in [-0.3, -0.25) is 19.2 Å². The molecule has 2 aliphatic carbocycles. The van der Waals surface area contributed by atoms with Gasteiger partial charge in [-0.05, 0) is 75.8 Å². The van der Waals surface area contributed by atoms with Crippen LogP contribution in [0.2, 0.25) is 0 Å². The van der Waals surface area contributed by atoms with Gasteiger partial charge >= 0.3 is 6.09 Å². The number of unbranched alkanes of at least 4 members (excludes halogenated alkanes) is 4. The summed E-state index contributed by atoms with van der Waals surface area (Å²) in [5.74, 6) is -3.66. The highest BCUT2D eigenvalue weighted by Crippen LogP contribution is 2.65. The number of carbonyl (C=O) groups excluding carboxylic acids is 5. The SMILES string of the molecule is CCCCCCC[C@H](NC(=O)OC(C)(C)C)C(=O)N1C[C@H]2[C@@H]([C@H]1C(=O)N[C@H](CC1CC1)C(=O)C(=O)NCS(=O)(=O)c1ccc(C)cc1)C2(C)C.